The summed E-state index contributed by atoms with van der Waals surface area (Å²) < 4.78 is 41.3. The van der Waals surface area contributed by atoms with Gasteiger partial charge in [0.1, 0.15) is 19.2 Å². The lowest BCUT2D eigenvalue weighted by molar-refractivity contribution is -0.894. The first-order valence-corrected chi connectivity index (χ1v) is 24.4. The molecule has 0 rings (SSSR count). The van der Waals surface area contributed by atoms with Gasteiger partial charge >= 0.3 is 0 Å². The molecule has 354 valence electrons. The van der Waals surface area contributed by atoms with Crippen LogP contribution in [0.4, 0.5) is 0 Å². The van der Waals surface area contributed by atoms with Crippen molar-refractivity contribution in [2.45, 2.75) is 174 Å². The summed E-state index contributed by atoms with van der Waals surface area (Å²) in [5.41, 5.74) is 0. The number of hydrogen-bond donors (Lipinski definition) is 1. The first-order chi connectivity index (χ1) is 28.6. The van der Waals surface area contributed by atoms with Crippen molar-refractivity contribution in [3.8, 4) is 0 Å². The van der Waals surface area contributed by atoms with Crippen LogP contribution in [0.25, 0.3) is 0 Å². The lowest BCUT2D eigenvalue weighted by atomic mass is 10.1. The van der Waals surface area contributed by atoms with Gasteiger partial charge < -0.3 is 59.7 Å². The van der Waals surface area contributed by atoms with Crippen LogP contribution in [0.1, 0.15) is 168 Å². The highest BCUT2D eigenvalue weighted by molar-refractivity contribution is 4.81. The van der Waals surface area contributed by atoms with Crippen molar-refractivity contribution in [1.82, 2.24) is 0 Å². The fraction of sp³-hybridized carbons (Fsp3) is 0.918. The number of aliphatic hydroxyl groups is 1. The monoisotopic (exact) mass is 908 g/mol. The largest absolute Gasteiger partial charge is 1.00 e. The van der Waals surface area contributed by atoms with Gasteiger partial charge in [-0.25, -0.2) is 0 Å². The number of likely N-dealkylation sites (N-methyl/N-ethyl adjacent to an activating group) is 1. The fourth-order valence-electron chi connectivity index (χ4n) is 6.69. The molecule has 1 atom stereocenters. The molecule has 0 bridgehead atoms. The highest BCUT2D eigenvalue weighted by Crippen LogP contribution is 2.13. The molecule has 0 amide bonds. The summed E-state index contributed by atoms with van der Waals surface area (Å²) in [5.74, 6) is 0. The zero-order valence-electron chi connectivity index (χ0n) is 39.3. The molecule has 0 heterocycles. The van der Waals surface area contributed by atoms with Gasteiger partial charge in [0.2, 0.25) is 0 Å². The normalized spacial score (nSPS) is 12.6. The van der Waals surface area contributed by atoms with Gasteiger partial charge in [0.15, 0.2) is 0 Å². The number of nitrogens with zero attached hydrogens (tertiary/aromatic N) is 1. The molecule has 0 aliphatic heterocycles. The van der Waals surface area contributed by atoms with E-state index >= 15 is 0 Å². The van der Waals surface area contributed by atoms with Crippen LogP contribution >= 0.6 is 0 Å². The minimum absolute atomic E-state index is 0. The third kappa shape index (κ3) is 51.9. The summed E-state index contributed by atoms with van der Waals surface area (Å²) in [7, 11) is 4.54. The van der Waals surface area contributed by atoms with Crippen molar-refractivity contribution >= 4 is 0 Å². The molecule has 1 N–H and O–H groups in total. The predicted octanol–water partition coefficient (Wildman–Crippen LogP) is 8.06. The number of halogens is 1. The van der Waals surface area contributed by atoms with Crippen LogP contribution in [0.15, 0.2) is 24.3 Å². The summed E-state index contributed by atoms with van der Waals surface area (Å²) in [6.45, 7) is 14.0. The van der Waals surface area contributed by atoms with Crippen molar-refractivity contribution in [2.24, 2.45) is 0 Å². The number of hydrogen-bond acceptors (Lipinski definition) is 8. The van der Waals surface area contributed by atoms with Gasteiger partial charge in [-0.15, -0.1) is 0 Å². The van der Waals surface area contributed by atoms with Gasteiger partial charge in [-0.1, -0.05) is 141 Å². The van der Waals surface area contributed by atoms with Crippen LogP contribution in [0.3, 0.4) is 0 Å². The molecule has 0 aromatic rings. The maximum atomic E-state index is 8.69. The molecule has 0 aromatic heterocycles. The van der Waals surface area contributed by atoms with Crippen LogP contribution in [0, 0.1) is 0 Å². The van der Waals surface area contributed by atoms with E-state index in [1.165, 1.54) is 141 Å². The highest BCUT2D eigenvalue weighted by Gasteiger charge is 2.23. The van der Waals surface area contributed by atoms with Gasteiger partial charge in [0, 0.05) is 13.2 Å². The van der Waals surface area contributed by atoms with E-state index in [0.29, 0.717) is 72.7 Å². The summed E-state index contributed by atoms with van der Waals surface area (Å²) in [4.78, 5) is 0. The van der Waals surface area contributed by atoms with Crippen LogP contribution < -0.4 is 17.0 Å². The smallest absolute Gasteiger partial charge is 0.130 e. The summed E-state index contributed by atoms with van der Waals surface area (Å²) >= 11 is 0. The second kappa shape index (κ2) is 51.9. The Bertz CT molecular complexity index is 834. The third-order valence-electron chi connectivity index (χ3n) is 10.4. The molecule has 0 saturated heterocycles. The first kappa shape index (κ1) is 60.7. The van der Waals surface area contributed by atoms with E-state index in [4.69, 9.17) is 38.3 Å². The maximum Gasteiger partial charge on any atom is 0.130 e. The van der Waals surface area contributed by atoms with Gasteiger partial charge in [-0.2, -0.15) is 0 Å². The number of unbranched alkanes of at least 4 members (excludes halogenated alkanes) is 20. The number of aliphatic hydroxyl groups excluding tert-OH is 1. The van der Waals surface area contributed by atoms with Crippen LogP contribution in [-0.4, -0.2) is 135 Å². The fourth-order valence-corrected chi connectivity index (χ4v) is 6.69. The highest BCUT2D eigenvalue weighted by atomic mass is 79.9. The first-order valence-electron chi connectivity index (χ1n) is 24.4. The standard InChI is InChI=1S/C49H98NO8.BrH/c1-5-7-9-11-13-15-17-19-21-23-25-27-29-31-35-57-48-49(58-36-32-30-28-26-24-22-20-18-16-14-12-10-8-6-2)47-50(3,4)33-37-52-39-41-54-43-45-56-46-44-55-42-40-53-38-34-51;/h11-14,49,51H,5-10,15-48H2,1-4H3;1H/q+1;/p-1/b13-11-,14-12-;. The molecule has 0 aliphatic rings. The Morgan fingerprint density at radius 1 is 0.407 bits per heavy atom. The minimum Gasteiger partial charge on any atom is -1.00 e. The average molecular weight is 909 g/mol. The molecule has 0 saturated carbocycles. The third-order valence-corrected chi connectivity index (χ3v) is 10.4. The lowest BCUT2D eigenvalue weighted by Crippen LogP contribution is -3.00. The van der Waals surface area contributed by atoms with Gasteiger partial charge in [-0.05, 0) is 51.4 Å². The Hall–Kier alpha value is -0.400. The van der Waals surface area contributed by atoms with E-state index in [2.05, 4.69) is 52.2 Å². The molecule has 1 unspecified atom stereocenters. The molecule has 10 heteroatoms. The molecule has 0 radical (unpaired) electrons. The molecular weight excluding hydrogens is 810 g/mol. The lowest BCUT2D eigenvalue weighted by Gasteiger charge is -2.33. The number of ether oxygens (including phenoxy) is 7. The predicted molar refractivity (Wildman–Crippen MR) is 244 cm³/mol. The van der Waals surface area contributed by atoms with E-state index in [1.807, 2.05) is 0 Å². The maximum absolute atomic E-state index is 8.69. The Balaban J connectivity index is 0. The van der Waals surface area contributed by atoms with E-state index in [9.17, 15) is 0 Å². The second-order valence-electron chi connectivity index (χ2n) is 16.7. The Morgan fingerprint density at radius 3 is 1.19 bits per heavy atom. The number of rotatable bonds is 50. The van der Waals surface area contributed by atoms with Crippen molar-refractivity contribution in [3.05, 3.63) is 24.3 Å². The molecular formula is C49H98BrNO8. The summed E-state index contributed by atoms with van der Waals surface area (Å²) in [6.07, 6.45) is 40.9. The molecule has 0 fully saturated rings. The van der Waals surface area contributed by atoms with Crippen molar-refractivity contribution in [1.29, 1.82) is 0 Å². The van der Waals surface area contributed by atoms with E-state index < -0.39 is 0 Å². The zero-order chi connectivity index (χ0) is 42.1. The number of quaternary nitrogens is 1. The molecule has 0 aromatic carbocycles. The van der Waals surface area contributed by atoms with Gasteiger partial charge in [0.25, 0.3) is 0 Å². The van der Waals surface area contributed by atoms with E-state index in [0.717, 1.165) is 43.6 Å². The number of allylic oxidation sites excluding steroid dienone is 4. The Morgan fingerprint density at radius 2 is 0.763 bits per heavy atom. The van der Waals surface area contributed by atoms with Crippen molar-refractivity contribution in [2.75, 3.05) is 120 Å². The summed E-state index contributed by atoms with van der Waals surface area (Å²) in [5, 5.41) is 8.69. The second-order valence-corrected chi connectivity index (χ2v) is 16.7. The molecule has 9 nitrogen and oxygen atoms in total. The molecule has 0 spiro atoms. The molecule has 59 heavy (non-hydrogen) atoms. The average Bonchev–Trinajstić information content (AvgIpc) is 3.21. The van der Waals surface area contributed by atoms with Crippen molar-refractivity contribution in [3.63, 3.8) is 0 Å². The Kier molecular flexibility index (Phi) is 53.4. The van der Waals surface area contributed by atoms with Crippen molar-refractivity contribution < 1.29 is 59.7 Å². The van der Waals surface area contributed by atoms with Crippen LogP contribution in [-0.2, 0) is 33.2 Å². The van der Waals surface area contributed by atoms with E-state index in [-0.39, 0.29) is 29.7 Å². The molecule has 0 aliphatic carbocycles. The van der Waals surface area contributed by atoms with Gasteiger partial charge in [-0.3, -0.25) is 0 Å². The Labute approximate surface area is 376 Å². The minimum atomic E-state index is 0. The van der Waals surface area contributed by atoms with Crippen LogP contribution in [0.2, 0.25) is 0 Å². The van der Waals surface area contributed by atoms with Crippen LogP contribution in [0.5, 0.6) is 0 Å². The topological polar surface area (TPSA) is 84.8 Å². The SMILES string of the molecule is CCCC/C=C\CCCCCCCCCCOCC(C[N+](C)(C)CCOCCOCCOCCOCCOCCO)OCCCCCCCCCC/C=C\CCCC.[Br-]. The van der Waals surface area contributed by atoms with E-state index in [1.54, 1.807) is 0 Å². The summed E-state index contributed by atoms with van der Waals surface area (Å²) in [6, 6.07) is 0. The zero-order valence-corrected chi connectivity index (χ0v) is 40.9. The quantitative estimate of drug-likeness (QED) is 0.0373. The van der Waals surface area contributed by atoms with Gasteiger partial charge in [0.05, 0.1) is 93.4 Å².